The molecule has 1 aliphatic carbocycles. The number of morpholine rings is 1. The Morgan fingerprint density at radius 2 is 2.17 bits per heavy atom. The molecule has 0 spiro atoms. The Morgan fingerprint density at radius 3 is 2.91 bits per heavy atom. The van der Waals surface area contributed by atoms with Crippen LogP contribution in [-0.4, -0.2) is 58.1 Å². The molecule has 1 aromatic heterocycles. The Morgan fingerprint density at radius 1 is 1.39 bits per heavy atom. The van der Waals surface area contributed by atoms with E-state index in [1.165, 1.54) is 19.3 Å². The SMILES string of the molecule is Cc1c(C(=O)N2CCOCC2CCO)cnn1C1CCCCC1. The van der Waals surface area contributed by atoms with Gasteiger partial charge in [0.25, 0.3) is 5.91 Å². The van der Waals surface area contributed by atoms with Crippen molar-refractivity contribution in [3.63, 3.8) is 0 Å². The molecule has 1 amide bonds. The van der Waals surface area contributed by atoms with Gasteiger partial charge in [0, 0.05) is 18.8 Å². The predicted molar refractivity (Wildman–Crippen MR) is 86.4 cm³/mol. The summed E-state index contributed by atoms with van der Waals surface area (Å²) in [6.07, 6.45) is 8.38. The standard InChI is InChI=1S/C17H27N3O3/c1-13-16(11-18-20(13)14-5-3-2-4-6-14)17(22)19-8-10-23-12-15(19)7-9-21/h11,14-15,21H,2-10,12H2,1H3. The van der Waals surface area contributed by atoms with E-state index in [2.05, 4.69) is 5.10 Å². The van der Waals surface area contributed by atoms with E-state index in [0.717, 1.165) is 18.5 Å². The number of hydrogen-bond donors (Lipinski definition) is 1. The number of amides is 1. The maximum Gasteiger partial charge on any atom is 0.257 e. The number of rotatable bonds is 4. The highest BCUT2D eigenvalue weighted by molar-refractivity contribution is 5.95. The van der Waals surface area contributed by atoms with Crippen molar-refractivity contribution < 1.29 is 14.6 Å². The van der Waals surface area contributed by atoms with Crippen LogP contribution in [0.3, 0.4) is 0 Å². The van der Waals surface area contributed by atoms with E-state index in [-0.39, 0.29) is 18.6 Å². The largest absolute Gasteiger partial charge is 0.396 e. The fourth-order valence-corrected chi connectivity index (χ4v) is 3.79. The Balaban J connectivity index is 1.77. The van der Waals surface area contributed by atoms with Gasteiger partial charge in [-0.2, -0.15) is 5.10 Å². The zero-order valence-electron chi connectivity index (χ0n) is 13.9. The molecule has 1 atom stereocenters. The molecule has 1 aromatic rings. The lowest BCUT2D eigenvalue weighted by molar-refractivity contribution is -0.00834. The topological polar surface area (TPSA) is 67.6 Å². The van der Waals surface area contributed by atoms with Crippen LogP contribution in [0.2, 0.25) is 0 Å². The third kappa shape index (κ3) is 3.43. The summed E-state index contributed by atoms with van der Waals surface area (Å²) in [5.74, 6) is 0.0197. The van der Waals surface area contributed by atoms with Gasteiger partial charge >= 0.3 is 0 Å². The summed E-state index contributed by atoms with van der Waals surface area (Å²) in [4.78, 5) is 14.8. The lowest BCUT2D eigenvalue weighted by Crippen LogP contribution is -2.49. The summed E-state index contributed by atoms with van der Waals surface area (Å²) in [6.45, 7) is 3.71. The van der Waals surface area contributed by atoms with Gasteiger partial charge in [0.15, 0.2) is 0 Å². The van der Waals surface area contributed by atoms with Crippen LogP contribution in [0.15, 0.2) is 6.20 Å². The molecule has 2 heterocycles. The number of ether oxygens (including phenoxy) is 1. The first-order chi connectivity index (χ1) is 11.2. The van der Waals surface area contributed by atoms with Gasteiger partial charge in [-0.3, -0.25) is 9.48 Å². The maximum absolute atomic E-state index is 12.9. The molecule has 1 saturated carbocycles. The van der Waals surface area contributed by atoms with Crippen LogP contribution >= 0.6 is 0 Å². The van der Waals surface area contributed by atoms with Crippen LogP contribution in [0, 0.1) is 6.92 Å². The Bertz CT molecular complexity index is 535. The van der Waals surface area contributed by atoms with Crippen LogP contribution in [0.25, 0.3) is 0 Å². The number of aromatic nitrogens is 2. The van der Waals surface area contributed by atoms with E-state index >= 15 is 0 Å². The minimum absolute atomic E-state index is 0.0197. The zero-order chi connectivity index (χ0) is 16.2. The van der Waals surface area contributed by atoms with E-state index in [1.807, 2.05) is 16.5 Å². The molecule has 0 radical (unpaired) electrons. The highest BCUT2D eigenvalue weighted by Crippen LogP contribution is 2.29. The monoisotopic (exact) mass is 321 g/mol. The Hall–Kier alpha value is -1.40. The zero-order valence-corrected chi connectivity index (χ0v) is 13.9. The van der Waals surface area contributed by atoms with Crippen molar-refractivity contribution in [2.24, 2.45) is 0 Å². The van der Waals surface area contributed by atoms with Gasteiger partial charge in [0.05, 0.1) is 37.1 Å². The summed E-state index contributed by atoms with van der Waals surface area (Å²) in [5.41, 5.74) is 1.66. The van der Waals surface area contributed by atoms with Crippen molar-refractivity contribution in [3.05, 3.63) is 17.5 Å². The van der Waals surface area contributed by atoms with Crippen molar-refractivity contribution >= 4 is 5.91 Å². The summed E-state index contributed by atoms with van der Waals surface area (Å²) in [5, 5.41) is 13.7. The molecule has 0 bridgehead atoms. The lowest BCUT2D eigenvalue weighted by atomic mass is 9.95. The Labute approximate surface area is 137 Å². The number of carbonyl (C=O) groups is 1. The first-order valence-corrected chi connectivity index (χ1v) is 8.76. The summed E-state index contributed by atoms with van der Waals surface area (Å²) in [6, 6.07) is 0.391. The molecule has 2 fully saturated rings. The van der Waals surface area contributed by atoms with Crippen LogP contribution in [-0.2, 0) is 4.74 Å². The van der Waals surface area contributed by atoms with Crippen LogP contribution in [0.1, 0.15) is 60.6 Å². The second kappa shape index (κ2) is 7.45. The van der Waals surface area contributed by atoms with Gasteiger partial charge in [-0.15, -0.1) is 0 Å². The van der Waals surface area contributed by atoms with Gasteiger partial charge in [-0.1, -0.05) is 19.3 Å². The van der Waals surface area contributed by atoms with Gasteiger partial charge < -0.3 is 14.7 Å². The van der Waals surface area contributed by atoms with Gasteiger partial charge in [0.1, 0.15) is 0 Å². The van der Waals surface area contributed by atoms with Crippen LogP contribution < -0.4 is 0 Å². The molecular weight excluding hydrogens is 294 g/mol. The highest BCUT2D eigenvalue weighted by Gasteiger charge is 2.30. The maximum atomic E-state index is 12.9. The molecule has 128 valence electrons. The third-order valence-electron chi connectivity index (χ3n) is 5.15. The smallest absolute Gasteiger partial charge is 0.257 e. The second-order valence-corrected chi connectivity index (χ2v) is 6.62. The average Bonchev–Trinajstić information content (AvgIpc) is 2.97. The quantitative estimate of drug-likeness (QED) is 0.920. The highest BCUT2D eigenvalue weighted by atomic mass is 16.5. The van der Waals surface area contributed by atoms with Crippen LogP contribution in [0.5, 0.6) is 0 Å². The molecule has 1 aliphatic heterocycles. The van der Waals surface area contributed by atoms with Crippen molar-refractivity contribution in [2.75, 3.05) is 26.4 Å². The fraction of sp³-hybridized carbons (Fsp3) is 0.765. The molecule has 0 aromatic carbocycles. The molecule has 6 heteroatoms. The molecule has 6 nitrogen and oxygen atoms in total. The van der Waals surface area contributed by atoms with Crippen molar-refractivity contribution in [1.82, 2.24) is 14.7 Å². The predicted octanol–water partition coefficient (Wildman–Crippen LogP) is 1.92. The number of aliphatic hydroxyl groups is 1. The van der Waals surface area contributed by atoms with E-state index < -0.39 is 0 Å². The molecule has 1 N–H and O–H groups in total. The lowest BCUT2D eigenvalue weighted by Gasteiger charge is -2.35. The summed E-state index contributed by atoms with van der Waals surface area (Å²) >= 11 is 0. The van der Waals surface area contributed by atoms with Gasteiger partial charge in [-0.05, 0) is 26.2 Å². The normalized spacial score (nSPS) is 23.2. The Kier molecular flexibility index (Phi) is 5.33. The average molecular weight is 321 g/mol. The van der Waals surface area contributed by atoms with E-state index in [0.29, 0.717) is 37.8 Å². The van der Waals surface area contributed by atoms with Gasteiger partial charge in [0.2, 0.25) is 0 Å². The molecule has 3 rings (SSSR count). The number of carbonyl (C=O) groups excluding carboxylic acids is 1. The van der Waals surface area contributed by atoms with Crippen LogP contribution in [0.4, 0.5) is 0 Å². The first kappa shape index (κ1) is 16.5. The molecular formula is C17H27N3O3. The first-order valence-electron chi connectivity index (χ1n) is 8.76. The molecule has 2 aliphatic rings. The number of aliphatic hydroxyl groups excluding tert-OH is 1. The molecule has 23 heavy (non-hydrogen) atoms. The minimum atomic E-state index is -0.0429. The van der Waals surface area contributed by atoms with Gasteiger partial charge in [-0.25, -0.2) is 0 Å². The summed E-state index contributed by atoms with van der Waals surface area (Å²) in [7, 11) is 0. The number of nitrogens with zero attached hydrogens (tertiary/aromatic N) is 3. The van der Waals surface area contributed by atoms with Crippen molar-refractivity contribution in [2.45, 2.75) is 57.5 Å². The van der Waals surface area contributed by atoms with E-state index in [4.69, 9.17) is 4.74 Å². The number of hydrogen-bond acceptors (Lipinski definition) is 4. The summed E-state index contributed by atoms with van der Waals surface area (Å²) < 4.78 is 7.51. The van der Waals surface area contributed by atoms with E-state index in [1.54, 1.807) is 6.20 Å². The fourth-order valence-electron chi connectivity index (χ4n) is 3.79. The molecule has 1 saturated heterocycles. The van der Waals surface area contributed by atoms with Crippen molar-refractivity contribution in [3.8, 4) is 0 Å². The second-order valence-electron chi connectivity index (χ2n) is 6.62. The third-order valence-corrected chi connectivity index (χ3v) is 5.15. The van der Waals surface area contributed by atoms with E-state index in [9.17, 15) is 9.90 Å². The minimum Gasteiger partial charge on any atom is -0.396 e. The van der Waals surface area contributed by atoms with Crippen molar-refractivity contribution in [1.29, 1.82) is 0 Å². The molecule has 1 unspecified atom stereocenters.